The van der Waals surface area contributed by atoms with E-state index in [0.29, 0.717) is 10.6 Å². The fraction of sp³-hybridized carbons (Fsp3) is 0.250. The zero-order valence-electron chi connectivity index (χ0n) is 12.1. The molecule has 2 rings (SSSR count). The van der Waals surface area contributed by atoms with Gasteiger partial charge in [0, 0.05) is 11.2 Å². The van der Waals surface area contributed by atoms with Crippen LogP contribution in [-0.2, 0) is 20.0 Å². The first-order valence-electron chi connectivity index (χ1n) is 6.40. The summed E-state index contributed by atoms with van der Waals surface area (Å²) in [6.07, 6.45) is 0. The van der Waals surface area contributed by atoms with E-state index in [1.165, 1.54) is 0 Å². The topological polar surface area (TPSA) is 26.3 Å². The molecule has 0 saturated carbocycles. The Hall–Kier alpha value is -1.39. The zero-order valence-corrected chi connectivity index (χ0v) is 13.7. The van der Waals surface area contributed by atoms with Crippen molar-refractivity contribution in [2.24, 2.45) is 0 Å². The Morgan fingerprint density at radius 2 is 1.45 bits per heavy atom. The Bertz CT molecular complexity index is 747. The normalized spacial score (nSPS) is 13.8. The van der Waals surface area contributed by atoms with Crippen molar-refractivity contribution in [3.05, 3.63) is 58.7 Å². The van der Waals surface area contributed by atoms with E-state index < -0.39 is 8.77 Å². The maximum Gasteiger partial charge on any atom is 0.215 e. The highest BCUT2D eigenvalue weighted by atomic mass is 32.8. The van der Waals surface area contributed by atoms with Crippen LogP contribution in [0.2, 0.25) is 0 Å². The van der Waals surface area contributed by atoms with E-state index in [0.717, 1.165) is 22.3 Å². The Labute approximate surface area is 125 Å². The molecule has 2 aromatic rings. The van der Waals surface area contributed by atoms with Gasteiger partial charge in [0.1, 0.15) is 5.75 Å². The molecule has 4 heteroatoms. The Kier molecular flexibility index (Phi) is 4.16. The van der Waals surface area contributed by atoms with E-state index in [2.05, 4.69) is 0 Å². The summed E-state index contributed by atoms with van der Waals surface area (Å²) in [6.45, 7) is 7.83. The maximum atomic E-state index is 12.8. The van der Waals surface area contributed by atoms with Gasteiger partial charge in [-0.05, 0) is 62.1 Å². The molecule has 2 nitrogen and oxygen atoms in total. The van der Waals surface area contributed by atoms with Gasteiger partial charge in [0.2, 0.25) is 8.77 Å². The fourth-order valence-electron chi connectivity index (χ4n) is 1.97. The third kappa shape index (κ3) is 2.86. The second-order valence-electron chi connectivity index (χ2n) is 4.93. The van der Waals surface area contributed by atoms with Gasteiger partial charge in [0.25, 0.3) is 0 Å². The number of aryl methyl sites for hydroxylation is 2. The van der Waals surface area contributed by atoms with Crippen LogP contribution >= 0.6 is 0 Å². The van der Waals surface area contributed by atoms with E-state index in [9.17, 15) is 4.21 Å². The molecule has 0 aliphatic heterocycles. The molecular formula is C16H18O2S2. The molecule has 0 aliphatic rings. The van der Waals surface area contributed by atoms with Gasteiger partial charge in [-0.2, -0.15) is 0 Å². The summed E-state index contributed by atoms with van der Waals surface area (Å²) in [7, 11) is -2.97. The zero-order chi connectivity index (χ0) is 14.9. The summed E-state index contributed by atoms with van der Waals surface area (Å²) in [5, 5.41) is 0. The lowest BCUT2D eigenvalue weighted by atomic mass is 10.1. The summed E-state index contributed by atoms with van der Waals surface area (Å²) >= 11 is 5.25. The molecule has 0 spiro atoms. The third-order valence-electron chi connectivity index (χ3n) is 3.58. The minimum atomic E-state index is -2.97. The van der Waals surface area contributed by atoms with Crippen LogP contribution in [0.3, 0.4) is 0 Å². The van der Waals surface area contributed by atoms with Gasteiger partial charge in [-0.25, -0.2) is 4.21 Å². The van der Waals surface area contributed by atoms with Crippen molar-refractivity contribution >= 4 is 20.0 Å². The van der Waals surface area contributed by atoms with Crippen LogP contribution in [0.15, 0.2) is 41.3 Å². The van der Waals surface area contributed by atoms with E-state index in [1.807, 2.05) is 52.0 Å². The van der Waals surface area contributed by atoms with Crippen LogP contribution in [0.1, 0.15) is 22.3 Å². The van der Waals surface area contributed by atoms with E-state index in [-0.39, 0.29) is 0 Å². The molecule has 0 amide bonds. The molecule has 0 saturated heterocycles. The predicted octanol–water partition coefficient (Wildman–Crippen LogP) is 4.02. The molecule has 2 aromatic carbocycles. The average molecular weight is 306 g/mol. The number of benzene rings is 2. The molecule has 0 aromatic heterocycles. The highest BCUT2D eigenvalue weighted by Crippen LogP contribution is 2.27. The first-order valence-corrected chi connectivity index (χ1v) is 8.80. The molecule has 0 heterocycles. The van der Waals surface area contributed by atoms with Crippen molar-refractivity contribution in [2.75, 3.05) is 0 Å². The molecule has 0 bridgehead atoms. The summed E-state index contributed by atoms with van der Waals surface area (Å²) in [4.78, 5) is 0.591. The number of hydrogen-bond acceptors (Lipinski definition) is 3. The summed E-state index contributed by atoms with van der Waals surface area (Å²) < 4.78 is 18.5. The molecule has 1 unspecified atom stereocenters. The van der Waals surface area contributed by atoms with Crippen molar-refractivity contribution in [3.8, 4) is 5.75 Å². The highest BCUT2D eigenvalue weighted by molar-refractivity contribution is 8.30. The van der Waals surface area contributed by atoms with Crippen LogP contribution in [0.25, 0.3) is 0 Å². The van der Waals surface area contributed by atoms with Crippen molar-refractivity contribution in [1.29, 1.82) is 0 Å². The first kappa shape index (κ1) is 15.0. The summed E-state index contributed by atoms with van der Waals surface area (Å²) in [6, 6.07) is 11.3. The summed E-state index contributed by atoms with van der Waals surface area (Å²) in [5.41, 5.74) is 4.05. The molecular weight excluding hydrogens is 288 g/mol. The molecule has 0 aliphatic carbocycles. The molecule has 0 N–H and O–H groups in total. The Morgan fingerprint density at radius 3 is 2.10 bits per heavy atom. The van der Waals surface area contributed by atoms with Crippen LogP contribution < -0.4 is 4.18 Å². The molecule has 106 valence electrons. The van der Waals surface area contributed by atoms with Gasteiger partial charge >= 0.3 is 0 Å². The van der Waals surface area contributed by atoms with E-state index in [1.54, 1.807) is 12.1 Å². The maximum absolute atomic E-state index is 12.8. The van der Waals surface area contributed by atoms with Crippen molar-refractivity contribution in [2.45, 2.75) is 32.6 Å². The van der Waals surface area contributed by atoms with Gasteiger partial charge in [-0.1, -0.05) is 24.3 Å². The van der Waals surface area contributed by atoms with Gasteiger partial charge in [0.05, 0.1) is 4.90 Å². The SMILES string of the molecule is Cc1cccc(OS(=O)(=S)c2cccc(C)c2C)c1C. The van der Waals surface area contributed by atoms with E-state index in [4.69, 9.17) is 15.4 Å². The second kappa shape index (κ2) is 5.54. The van der Waals surface area contributed by atoms with Crippen LogP contribution in [-0.4, -0.2) is 4.21 Å². The largest absolute Gasteiger partial charge is 0.397 e. The smallest absolute Gasteiger partial charge is 0.215 e. The van der Waals surface area contributed by atoms with Crippen molar-refractivity contribution < 1.29 is 8.39 Å². The first-order chi connectivity index (χ1) is 9.33. The van der Waals surface area contributed by atoms with Crippen molar-refractivity contribution in [3.63, 3.8) is 0 Å². The molecule has 0 fully saturated rings. The van der Waals surface area contributed by atoms with Crippen molar-refractivity contribution in [1.82, 2.24) is 0 Å². The average Bonchev–Trinajstić information content (AvgIpc) is 2.38. The third-order valence-corrected chi connectivity index (χ3v) is 5.70. The van der Waals surface area contributed by atoms with Crippen LogP contribution in [0.4, 0.5) is 0 Å². The lowest BCUT2D eigenvalue weighted by Gasteiger charge is -2.15. The minimum Gasteiger partial charge on any atom is -0.397 e. The minimum absolute atomic E-state index is 0.589. The van der Waals surface area contributed by atoms with Gasteiger partial charge in [-0.15, -0.1) is 0 Å². The second-order valence-corrected chi connectivity index (χ2v) is 7.76. The Morgan fingerprint density at radius 1 is 0.900 bits per heavy atom. The molecule has 0 radical (unpaired) electrons. The molecule has 1 atom stereocenters. The van der Waals surface area contributed by atoms with Gasteiger partial charge in [-0.3, -0.25) is 0 Å². The number of hydrogen-bond donors (Lipinski definition) is 0. The van der Waals surface area contributed by atoms with Crippen LogP contribution in [0.5, 0.6) is 5.75 Å². The van der Waals surface area contributed by atoms with Gasteiger partial charge < -0.3 is 4.18 Å². The predicted molar refractivity (Wildman–Crippen MR) is 86.2 cm³/mol. The quantitative estimate of drug-likeness (QED) is 0.857. The fourth-order valence-corrected chi connectivity index (χ4v) is 4.02. The lowest BCUT2D eigenvalue weighted by Crippen LogP contribution is -2.11. The Balaban J connectivity index is 2.47. The number of rotatable bonds is 3. The highest BCUT2D eigenvalue weighted by Gasteiger charge is 2.17. The monoisotopic (exact) mass is 306 g/mol. The van der Waals surface area contributed by atoms with Crippen LogP contribution in [0, 0.1) is 27.7 Å². The summed E-state index contributed by atoms with van der Waals surface area (Å²) in [5.74, 6) is 0.589. The van der Waals surface area contributed by atoms with E-state index >= 15 is 0 Å². The van der Waals surface area contributed by atoms with Gasteiger partial charge in [0.15, 0.2) is 0 Å². The standard InChI is InChI=1S/C16H18O2S2/c1-11-7-5-9-15(13(11)3)18-20(17,19)16-10-6-8-12(2)14(16)4/h5-10H,1-4H3. The molecule has 20 heavy (non-hydrogen) atoms. The lowest BCUT2D eigenvalue weighted by molar-refractivity contribution is 0.555.